The Hall–Kier alpha value is -0.980. The maximum Gasteiger partial charge on any atom is 0.115 e. The Kier molecular flexibility index (Phi) is 10.5. The van der Waals surface area contributed by atoms with Crippen molar-refractivity contribution in [3.8, 4) is 5.75 Å². The predicted octanol–water partition coefficient (Wildman–Crippen LogP) is 8.47. The Morgan fingerprint density at radius 1 is 0.593 bits per heavy atom. The molecule has 0 spiro atoms. The quantitative estimate of drug-likeness (QED) is 0.364. The number of phenolic OH excluding ortho intramolecular Hbond substituents is 1. The molecule has 0 fully saturated rings. The highest BCUT2D eigenvalue weighted by Crippen LogP contribution is 2.25. The highest BCUT2D eigenvalue weighted by molar-refractivity contribution is 5.35. The maximum absolute atomic E-state index is 9.89. The van der Waals surface area contributed by atoms with Crippen molar-refractivity contribution >= 4 is 0 Å². The molecule has 1 N–H and O–H groups in total. The molecule has 27 heavy (non-hydrogen) atoms. The zero-order valence-corrected chi connectivity index (χ0v) is 19.2. The van der Waals surface area contributed by atoms with Crippen LogP contribution in [0.1, 0.15) is 117 Å². The number of hydrogen-bond donors (Lipinski definition) is 1. The van der Waals surface area contributed by atoms with Crippen LogP contribution in [0, 0.1) is 10.8 Å². The molecular weight excluding hydrogens is 328 g/mol. The fourth-order valence-corrected chi connectivity index (χ4v) is 3.74. The van der Waals surface area contributed by atoms with Gasteiger partial charge in [0.05, 0.1) is 0 Å². The van der Waals surface area contributed by atoms with Crippen LogP contribution in [-0.2, 0) is 12.8 Å². The molecule has 1 aromatic carbocycles. The summed E-state index contributed by atoms with van der Waals surface area (Å²) < 4.78 is 0. The number of aromatic hydroxyl groups is 1. The van der Waals surface area contributed by atoms with Gasteiger partial charge in [0.1, 0.15) is 5.75 Å². The molecule has 0 radical (unpaired) electrons. The van der Waals surface area contributed by atoms with Crippen molar-refractivity contribution in [3.05, 3.63) is 29.3 Å². The lowest BCUT2D eigenvalue weighted by molar-refractivity contribution is 0.356. The van der Waals surface area contributed by atoms with Gasteiger partial charge in [-0.1, -0.05) is 86.1 Å². The number of aryl methyl sites for hydroxylation is 2. The molecule has 0 saturated heterocycles. The minimum atomic E-state index is 0.423. The third kappa shape index (κ3) is 12.9. The second-order valence-electron chi connectivity index (χ2n) is 10.9. The predicted molar refractivity (Wildman–Crippen MR) is 121 cm³/mol. The largest absolute Gasteiger partial charge is 0.508 e. The summed E-state index contributed by atoms with van der Waals surface area (Å²) in [6, 6.07) is 6.02. The molecule has 0 saturated carbocycles. The molecule has 0 aliphatic heterocycles. The Morgan fingerprint density at radius 2 is 1.04 bits per heavy atom. The standard InChI is InChI=1S/C26H46O/c1-25(2,3)19-13-9-7-11-15-22-17-18-24(27)21-23(22)16-12-8-10-14-20-26(4,5)6/h17-18,21,27H,7-16,19-20H2,1-6H3. The van der Waals surface area contributed by atoms with Gasteiger partial charge in [-0.25, -0.2) is 0 Å². The summed E-state index contributed by atoms with van der Waals surface area (Å²) in [7, 11) is 0. The number of unbranched alkanes of at least 4 members (excludes halogenated alkanes) is 6. The van der Waals surface area contributed by atoms with E-state index in [1.165, 1.54) is 75.3 Å². The van der Waals surface area contributed by atoms with Crippen molar-refractivity contribution in [1.29, 1.82) is 0 Å². The Morgan fingerprint density at radius 3 is 1.52 bits per heavy atom. The van der Waals surface area contributed by atoms with Gasteiger partial charge in [0.2, 0.25) is 0 Å². The van der Waals surface area contributed by atoms with E-state index in [1.807, 2.05) is 12.1 Å². The highest BCUT2D eigenvalue weighted by atomic mass is 16.3. The Balaban J connectivity index is 2.31. The lowest BCUT2D eigenvalue weighted by Gasteiger charge is -2.17. The molecule has 0 heterocycles. The number of benzene rings is 1. The van der Waals surface area contributed by atoms with Crippen molar-refractivity contribution < 1.29 is 5.11 Å². The number of phenols is 1. The van der Waals surface area contributed by atoms with Crippen LogP contribution in [0.4, 0.5) is 0 Å². The van der Waals surface area contributed by atoms with Crippen molar-refractivity contribution in [1.82, 2.24) is 0 Å². The van der Waals surface area contributed by atoms with E-state index >= 15 is 0 Å². The third-order valence-electron chi connectivity index (χ3n) is 5.44. The summed E-state index contributed by atoms with van der Waals surface area (Å²) in [5.74, 6) is 0.423. The molecule has 1 rings (SSSR count). The van der Waals surface area contributed by atoms with Crippen LogP contribution >= 0.6 is 0 Å². The van der Waals surface area contributed by atoms with Gasteiger partial charge in [0, 0.05) is 0 Å². The van der Waals surface area contributed by atoms with Crippen LogP contribution in [-0.4, -0.2) is 5.11 Å². The van der Waals surface area contributed by atoms with Crippen molar-refractivity contribution in [2.45, 2.75) is 119 Å². The topological polar surface area (TPSA) is 20.2 Å². The lowest BCUT2D eigenvalue weighted by Crippen LogP contribution is -2.04. The lowest BCUT2D eigenvalue weighted by atomic mass is 9.89. The fraction of sp³-hybridized carbons (Fsp3) is 0.769. The van der Waals surface area contributed by atoms with Crippen LogP contribution in [0.2, 0.25) is 0 Å². The molecule has 0 aliphatic rings. The van der Waals surface area contributed by atoms with E-state index in [4.69, 9.17) is 0 Å². The zero-order chi connectivity index (χ0) is 20.3. The van der Waals surface area contributed by atoms with Crippen LogP contribution in [0.5, 0.6) is 5.75 Å². The SMILES string of the molecule is CC(C)(C)CCCCCCc1ccc(O)cc1CCCCCCC(C)(C)C. The molecule has 0 aliphatic carbocycles. The first-order valence-electron chi connectivity index (χ1n) is 11.4. The normalized spacial score (nSPS) is 12.5. The van der Waals surface area contributed by atoms with Gasteiger partial charge in [-0.3, -0.25) is 0 Å². The molecule has 1 heteroatoms. The smallest absolute Gasteiger partial charge is 0.115 e. The molecule has 1 nitrogen and oxygen atoms in total. The van der Waals surface area contributed by atoms with E-state index in [9.17, 15) is 5.11 Å². The van der Waals surface area contributed by atoms with Gasteiger partial charge in [-0.05, 0) is 72.6 Å². The molecule has 156 valence electrons. The summed E-state index contributed by atoms with van der Waals surface area (Å²) in [4.78, 5) is 0. The van der Waals surface area contributed by atoms with Gasteiger partial charge in [-0.2, -0.15) is 0 Å². The van der Waals surface area contributed by atoms with Gasteiger partial charge in [0.25, 0.3) is 0 Å². The van der Waals surface area contributed by atoms with Crippen molar-refractivity contribution in [2.75, 3.05) is 0 Å². The Bertz CT molecular complexity index is 516. The van der Waals surface area contributed by atoms with Crippen LogP contribution in [0.25, 0.3) is 0 Å². The molecule has 0 aromatic heterocycles. The number of hydrogen-bond acceptors (Lipinski definition) is 1. The first kappa shape index (κ1) is 24.1. The molecule has 0 amide bonds. The summed E-state index contributed by atoms with van der Waals surface area (Å²) >= 11 is 0. The van der Waals surface area contributed by atoms with Crippen LogP contribution in [0.3, 0.4) is 0 Å². The van der Waals surface area contributed by atoms with E-state index in [2.05, 4.69) is 47.6 Å². The van der Waals surface area contributed by atoms with Gasteiger partial charge < -0.3 is 5.11 Å². The highest BCUT2D eigenvalue weighted by Gasteiger charge is 2.10. The second-order valence-corrected chi connectivity index (χ2v) is 10.9. The number of rotatable bonds is 12. The first-order valence-corrected chi connectivity index (χ1v) is 11.4. The average Bonchev–Trinajstić information content (AvgIpc) is 2.53. The van der Waals surface area contributed by atoms with E-state index in [0.717, 1.165) is 12.8 Å². The van der Waals surface area contributed by atoms with Crippen molar-refractivity contribution in [2.24, 2.45) is 10.8 Å². The van der Waals surface area contributed by atoms with E-state index in [0.29, 0.717) is 16.6 Å². The van der Waals surface area contributed by atoms with Gasteiger partial charge in [-0.15, -0.1) is 0 Å². The third-order valence-corrected chi connectivity index (χ3v) is 5.44. The van der Waals surface area contributed by atoms with Crippen LogP contribution in [0.15, 0.2) is 18.2 Å². The average molecular weight is 375 g/mol. The zero-order valence-electron chi connectivity index (χ0n) is 19.2. The van der Waals surface area contributed by atoms with Gasteiger partial charge in [0.15, 0.2) is 0 Å². The summed E-state index contributed by atoms with van der Waals surface area (Å²) in [6.45, 7) is 14.0. The van der Waals surface area contributed by atoms with E-state index < -0.39 is 0 Å². The van der Waals surface area contributed by atoms with Crippen LogP contribution < -0.4 is 0 Å². The minimum Gasteiger partial charge on any atom is -0.508 e. The summed E-state index contributed by atoms with van der Waals surface area (Å²) in [5, 5.41) is 9.89. The molecule has 0 atom stereocenters. The first-order chi connectivity index (χ1) is 12.6. The fourth-order valence-electron chi connectivity index (χ4n) is 3.74. The van der Waals surface area contributed by atoms with E-state index in [-0.39, 0.29) is 0 Å². The molecular formula is C26H46O. The monoisotopic (exact) mass is 374 g/mol. The molecule has 0 bridgehead atoms. The summed E-state index contributed by atoms with van der Waals surface area (Å²) in [5.41, 5.74) is 3.77. The molecule has 0 unspecified atom stereocenters. The van der Waals surface area contributed by atoms with Crippen molar-refractivity contribution in [3.63, 3.8) is 0 Å². The second kappa shape index (κ2) is 11.8. The van der Waals surface area contributed by atoms with E-state index in [1.54, 1.807) is 0 Å². The summed E-state index contributed by atoms with van der Waals surface area (Å²) in [6.07, 6.45) is 15.4. The Labute approximate surface area is 170 Å². The maximum atomic E-state index is 9.89. The van der Waals surface area contributed by atoms with Gasteiger partial charge >= 0.3 is 0 Å². The molecule has 1 aromatic rings. The minimum absolute atomic E-state index is 0.423.